The molecule has 0 unspecified atom stereocenters. The van der Waals surface area contributed by atoms with Crippen molar-refractivity contribution in [1.29, 1.82) is 0 Å². The summed E-state index contributed by atoms with van der Waals surface area (Å²) >= 11 is 0. The second-order valence-corrected chi connectivity index (χ2v) is 4.09. The van der Waals surface area contributed by atoms with E-state index in [-0.39, 0.29) is 0 Å². The van der Waals surface area contributed by atoms with Crippen LogP contribution in [0.25, 0.3) is 0 Å². The quantitative estimate of drug-likeness (QED) is 0.815. The van der Waals surface area contributed by atoms with Crippen LogP contribution in [-0.4, -0.2) is 19.6 Å². The SMILES string of the molecule is CCN1CCCNc2cc(C(F)(F)F)ccc21. The van der Waals surface area contributed by atoms with E-state index >= 15 is 0 Å². The van der Waals surface area contributed by atoms with Crippen molar-refractivity contribution in [3.63, 3.8) is 0 Å². The van der Waals surface area contributed by atoms with Gasteiger partial charge in [-0.3, -0.25) is 0 Å². The summed E-state index contributed by atoms with van der Waals surface area (Å²) in [7, 11) is 0. The molecule has 0 spiro atoms. The number of rotatable bonds is 1. The lowest BCUT2D eigenvalue weighted by molar-refractivity contribution is -0.137. The molecule has 1 aromatic rings. The zero-order valence-corrected chi connectivity index (χ0v) is 9.64. The third kappa shape index (κ3) is 2.48. The molecular weight excluding hydrogens is 229 g/mol. The average molecular weight is 244 g/mol. The summed E-state index contributed by atoms with van der Waals surface area (Å²) < 4.78 is 37.8. The standard InChI is InChI=1S/C12H15F3N2/c1-2-17-7-3-6-16-10-8-9(12(13,14)15)4-5-11(10)17/h4-5,8,16H,2-3,6-7H2,1H3. The van der Waals surface area contributed by atoms with Crippen molar-refractivity contribution in [1.82, 2.24) is 0 Å². The Labute approximate surface area is 98.4 Å². The van der Waals surface area contributed by atoms with Crippen molar-refractivity contribution in [2.45, 2.75) is 19.5 Å². The van der Waals surface area contributed by atoms with Gasteiger partial charge in [-0.2, -0.15) is 13.2 Å². The number of nitrogens with one attached hydrogen (secondary N) is 1. The molecule has 94 valence electrons. The minimum atomic E-state index is -4.28. The molecule has 0 amide bonds. The third-order valence-electron chi connectivity index (χ3n) is 2.97. The lowest BCUT2D eigenvalue weighted by Gasteiger charge is -2.23. The normalized spacial score (nSPS) is 16.1. The van der Waals surface area contributed by atoms with E-state index < -0.39 is 11.7 Å². The number of anilines is 2. The molecule has 0 saturated heterocycles. The number of fused-ring (bicyclic) bond motifs is 1. The highest BCUT2D eigenvalue weighted by Gasteiger charge is 2.31. The molecule has 0 aliphatic carbocycles. The lowest BCUT2D eigenvalue weighted by atomic mass is 10.1. The predicted octanol–water partition coefficient (Wildman–Crippen LogP) is 3.35. The van der Waals surface area contributed by atoms with Gasteiger partial charge in [0.05, 0.1) is 16.9 Å². The van der Waals surface area contributed by atoms with Crippen molar-refractivity contribution in [3.05, 3.63) is 23.8 Å². The maximum atomic E-state index is 12.6. The van der Waals surface area contributed by atoms with Crippen LogP contribution in [0.2, 0.25) is 0 Å². The van der Waals surface area contributed by atoms with Gasteiger partial charge in [0.2, 0.25) is 0 Å². The van der Waals surface area contributed by atoms with E-state index in [1.807, 2.05) is 6.92 Å². The van der Waals surface area contributed by atoms with Crippen LogP contribution in [0.3, 0.4) is 0 Å². The number of benzene rings is 1. The number of halogens is 3. The largest absolute Gasteiger partial charge is 0.416 e. The van der Waals surface area contributed by atoms with Gasteiger partial charge in [-0.25, -0.2) is 0 Å². The van der Waals surface area contributed by atoms with Gasteiger partial charge >= 0.3 is 6.18 Å². The molecule has 17 heavy (non-hydrogen) atoms. The van der Waals surface area contributed by atoms with Crippen LogP contribution in [0.15, 0.2) is 18.2 Å². The van der Waals surface area contributed by atoms with Gasteiger partial charge in [0.15, 0.2) is 0 Å². The topological polar surface area (TPSA) is 15.3 Å². The van der Waals surface area contributed by atoms with E-state index in [4.69, 9.17) is 0 Å². The maximum Gasteiger partial charge on any atom is 0.416 e. The maximum absolute atomic E-state index is 12.6. The molecule has 5 heteroatoms. The number of nitrogens with zero attached hydrogens (tertiary/aromatic N) is 1. The molecule has 1 heterocycles. The first kappa shape index (κ1) is 12.1. The predicted molar refractivity (Wildman–Crippen MR) is 62.4 cm³/mol. The molecule has 0 saturated carbocycles. The highest BCUT2D eigenvalue weighted by atomic mass is 19.4. The molecule has 1 aliphatic heterocycles. The van der Waals surface area contributed by atoms with Crippen LogP contribution in [0.4, 0.5) is 24.5 Å². The molecule has 2 rings (SSSR count). The fourth-order valence-corrected chi connectivity index (χ4v) is 2.07. The molecule has 0 atom stereocenters. The smallest absolute Gasteiger partial charge is 0.383 e. The van der Waals surface area contributed by atoms with E-state index in [1.54, 1.807) is 6.07 Å². The summed E-state index contributed by atoms with van der Waals surface area (Å²) in [6.45, 7) is 4.40. The Bertz CT molecular complexity index is 401. The van der Waals surface area contributed by atoms with Gasteiger partial charge in [-0.15, -0.1) is 0 Å². The molecule has 1 N–H and O–H groups in total. The monoisotopic (exact) mass is 244 g/mol. The molecule has 1 aliphatic rings. The van der Waals surface area contributed by atoms with Crippen LogP contribution in [0.1, 0.15) is 18.9 Å². The Morgan fingerprint density at radius 2 is 2.12 bits per heavy atom. The van der Waals surface area contributed by atoms with Gasteiger partial charge in [0.1, 0.15) is 0 Å². The van der Waals surface area contributed by atoms with Crippen molar-refractivity contribution in [2.75, 3.05) is 29.9 Å². The van der Waals surface area contributed by atoms with Gasteiger partial charge in [0.25, 0.3) is 0 Å². The van der Waals surface area contributed by atoms with Crippen molar-refractivity contribution < 1.29 is 13.2 Å². The Morgan fingerprint density at radius 1 is 1.35 bits per heavy atom. The van der Waals surface area contributed by atoms with Crippen LogP contribution >= 0.6 is 0 Å². The van der Waals surface area contributed by atoms with E-state index in [0.717, 1.165) is 31.3 Å². The Kier molecular flexibility index (Phi) is 3.17. The number of alkyl halides is 3. The summed E-state index contributed by atoms with van der Waals surface area (Å²) in [5.74, 6) is 0. The van der Waals surface area contributed by atoms with E-state index in [0.29, 0.717) is 12.2 Å². The summed E-state index contributed by atoms with van der Waals surface area (Å²) in [5, 5.41) is 3.06. The first-order valence-electron chi connectivity index (χ1n) is 5.72. The van der Waals surface area contributed by atoms with Gasteiger partial charge in [0, 0.05) is 19.6 Å². The molecule has 2 nitrogen and oxygen atoms in total. The van der Waals surface area contributed by atoms with E-state index in [2.05, 4.69) is 10.2 Å². The molecule has 1 aromatic carbocycles. The molecule has 0 fully saturated rings. The van der Waals surface area contributed by atoms with Crippen molar-refractivity contribution >= 4 is 11.4 Å². The Morgan fingerprint density at radius 3 is 2.76 bits per heavy atom. The van der Waals surface area contributed by atoms with Gasteiger partial charge in [-0.05, 0) is 31.5 Å². The summed E-state index contributed by atoms with van der Waals surface area (Å²) in [5.41, 5.74) is 0.846. The van der Waals surface area contributed by atoms with E-state index in [1.165, 1.54) is 6.07 Å². The summed E-state index contributed by atoms with van der Waals surface area (Å²) in [6, 6.07) is 3.90. The second-order valence-electron chi connectivity index (χ2n) is 4.09. The van der Waals surface area contributed by atoms with Gasteiger partial charge in [-0.1, -0.05) is 0 Å². The van der Waals surface area contributed by atoms with Crippen LogP contribution in [-0.2, 0) is 6.18 Å². The van der Waals surface area contributed by atoms with Crippen LogP contribution in [0, 0.1) is 0 Å². The zero-order valence-electron chi connectivity index (χ0n) is 9.64. The zero-order chi connectivity index (χ0) is 12.5. The third-order valence-corrected chi connectivity index (χ3v) is 2.97. The highest BCUT2D eigenvalue weighted by Crippen LogP contribution is 2.36. The first-order chi connectivity index (χ1) is 8.02. The van der Waals surface area contributed by atoms with E-state index in [9.17, 15) is 13.2 Å². The first-order valence-corrected chi connectivity index (χ1v) is 5.72. The molecule has 0 bridgehead atoms. The fraction of sp³-hybridized carbons (Fsp3) is 0.500. The fourth-order valence-electron chi connectivity index (χ4n) is 2.07. The Hall–Kier alpha value is -1.39. The summed E-state index contributed by atoms with van der Waals surface area (Å²) in [4.78, 5) is 2.09. The molecule has 0 aromatic heterocycles. The Balaban J connectivity index is 2.41. The second kappa shape index (κ2) is 4.47. The highest BCUT2D eigenvalue weighted by molar-refractivity contribution is 5.72. The van der Waals surface area contributed by atoms with Gasteiger partial charge < -0.3 is 10.2 Å². The molecular formula is C12H15F3N2. The van der Waals surface area contributed by atoms with Crippen LogP contribution in [0.5, 0.6) is 0 Å². The summed E-state index contributed by atoms with van der Waals surface area (Å²) in [6.07, 6.45) is -3.34. The minimum Gasteiger partial charge on any atom is -0.383 e. The molecule has 0 radical (unpaired) electrons. The lowest BCUT2D eigenvalue weighted by Crippen LogP contribution is -2.23. The average Bonchev–Trinajstić information content (AvgIpc) is 2.48. The minimum absolute atomic E-state index is 0.583. The van der Waals surface area contributed by atoms with Crippen molar-refractivity contribution in [2.24, 2.45) is 0 Å². The number of hydrogen-bond donors (Lipinski definition) is 1. The van der Waals surface area contributed by atoms with Crippen molar-refractivity contribution in [3.8, 4) is 0 Å². The van der Waals surface area contributed by atoms with Crippen LogP contribution < -0.4 is 10.2 Å². The number of hydrogen-bond acceptors (Lipinski definition) is 2.